The van der Waals surface area contributed by atoms with Crippen LogP contribution in [0, 0.1) is 28.1 Å². The molecular weight excluding hydrogens is 604 g/mol. The molecule has 1 saturated carbocycles. The molecule has 214 valence electrons. The van der Waals surface area contributed by atoms with Crippen molar-refractivity contribution in [3.63, 3.8) is 0 Å². The second kappa shape index (κ2) is 11.6. The molecule has 3 heterocycles. The molecule has 0 radical (unpaired) electrons. The zero-order valence-electron chi connectivity index (χ0n) is 23.7. The summed E-state index contributed by atoms with van der Waals surface area (Å²) in [4.78, 5) is 29.0. The molecule has 0 bridgehead atoms. The summed E-state index contributed by atoms with van der Waals surface area (Å²) in [5.41, 5.74) is 1.25. The van der Waals surface area contributed by atoms with Crippen LogP contribution in [0.15, 0.2) is 53.4 Å². The fourth-order valence-corrected chi connectivity index (χ4v) is 7.02. The molecule has 2 fully saturated rings. The lowest BCUT2D eigenvalue weighted by atomic mass is 9.49. The monoisotopic (exact) mass is 636 g/mol. The maximum atomic E-state index is 13.2. The zero-order valence-corrected chi connectivity index (χ0v) is 26.0. The van der Waals surface area contributed by atoms with E-state index in [2.05, 4.69) is 80.9 Å². The maximum Gasteiger partial charge on any atom is 0.254 e. The zero-order chi connectivity index (χ0) is 29.4. The summed E-state index contributed by atoms with van der Waals surface area (Å²) in [6, 6.07) is 11.1. The molecule has 1 saturated heterocycles. The van der Waals surface area contributed by atoms with Crippen LogP contribution in [-0.4, -0.2) is 46.1 Å². The summed E-state index contributed by atoms with van der Waals surface area (Å²) in [6.07, 6.45) is 7.97. The van der Waals surface area contributed by atoms with Crippen molar-refractivity contribution in [1.29, 1.82) is 5.26 Å². The molecule has 2 aromatic heterocycles. The third-order valence-corrected chi connectivity index (χ3v) is 9.30. The summed E-state index contributed by atoms with van der Waals surface area (Å²) in [7, 11) is 0. The van der Waals surface area contributed by atoms with Gasteiger partial charge in [-0.15, -0.1) is 0 Å². The molecule has 0 unspecified atom stereocenters. The normalized spacial score (nSPS) is 21.4. The highest BCUT2D eigenvalue weighted by atomic mass is 79.9. The van der Waals surface area contributed by atoms with E-state index >= 15 is 0 Å². The van der Waals surface area contributed by atoms with Gasteiger partial charge < -0.3 is 15.0 Å². The van der Waals surface area contributed by atoms with Crippen LogP contribution in [0.4, 0.5) is 5.95 Å². The molecule has 1 aliphatic heterocycles. The first-order chi connectivity index (χ1) is 19.5. The van der Waals surface area contributed by atoms with Crippen LogP contribution >= 0.6 is 27.5 Å². The van der Waals surface area contributed by atoms with E-state index in [1.54, 1.807) is 30.6 Å². The van der Waals surface area contributed by atoms with Gasteiger partial charge in [0.25, 0.3) is 5.91 Å². The van der Waals surface area contributed by atoms with E-state index in [9.17, 15) is 4.79 Å². The fraction of sp³-hybridized carbons (Fsp3) is 0.452. The molecule has 1 aliphatic carbocycles. The lowest BCUT2D eigenvalue weighted by Gasteiger charge is -2.63. The third kappa shape index (κ3) is 6.05. The Morgan fingerprint density at radius 3 is 2.37 bits per heavy atom. The standard InChI is InChI=1S/C31H34BrClN6O2/c1-30(2)27(31(3,4)28(30)41-24-8-5-20(15-34)25(33)14-24)38-26(40)21-16-36-29(37-17-21)39-11-9-19(10-12-39)13-23-7-6-22(32)18-35-23/h5-8,14,16-19,27-28H,9-13H2,1-4H3,(H,38,40). The fourth-order valence-electron chi connectivity index (χ4n) is 6.57. The second-order valence-corrected chi connectivity index (χ2v) is 13.5. The Kier molecular flexibility index (Phi) is 8.27. The van der Waals surface area contributed by atoms with Crippen molar-refractivity contribution in [2.75, 3.05) is 18.0 Å². The van der Waals surface area contributed by atoms with Gasteiger partial charge in [-0.25, -0.2) is 9.97 Å². The number of rotatable bonds is 7. The molecule has 3 aromatic rings. The maximum absolute atomic E-state index is 13.2. The van der Waals surface area contributed by atoms with Crippen LogP contribution < -0.4 is 15.0 Å². The highest BCUT2D eigenvalue weighted by Gasteiger charge is 2.64. The van der Waals surface area contributed by atoms with Gasteiger partial charge in [-0.3, -0.25) is 9.78 Å². The number of benzene rings is 1. The Balaban J connectivity index is 1.16. The SMILES string of the molecule is CC1(C)C(NC(=O)c2cnc(N3CCC(Cc4ccc(Br)cn4)CC3)nc2)C(C)(C)C1Oc1ccc(C#N)c(Cl)c1. The molecule has 10 heteroatoms. The van der Waals surface area contributed by atoms with Gasteiger partial charge in [0.1, 0.15) is 17.9 Å². The van der Waals surface area contributed by atoms with Gasteiger partial charge in [-0.2, -0.15) is 5.26 Å². The van der Waals surface area contributed by atoms with Gasteiger partial charge in [0.2, 0.25) is 5.95 Å². The number of pyridine rings is 1. The van der Waals surface area contributed by atoms with Crippen molar-refractivity contribution >= 4 is 39.4 Å². The van der Waals surface area contributed by atoms with E-state index in [0.29, 0.717) is 33.8 Å². The van der Waals surface area contributed by atoms with Crippen LogP contribution in [0.5, 0.6) is 5.75 Å². The second-order valence-electron chi connectivity index (χ2n) is 12.2. The summed E-state index contributed by atoms with van der Waals surface area (Å²) in [6.45, 7) is 10.1. The summed E-state index contributed by atoms with van der Waals surface area (Å²) in [5.74, 6) is 1.63. The van der Waals surface area contributed by atoms with E-state index in [-0.39, 0.29) is 28.9 Å². The van der Waals surface area contributed by atoms with Crippen LogP contribution in [0.1, 0.15) is 62.2 Å². The lowest BCUT2D eigenvalue weighted by molar-refractivity contribution is -0.164. The third-order valence-electron chi connectivity index (χ3n) is 8.51. The number of carbonyl (C=O) groups is 1. The summed E-state index contributed by atoms with van der Waals surface area (Å²) in [5, 5.41) is 12.7. The Morgan fingerprint density at radius 1 is 1.10 bits per heavy atom. The van der Waals surface area contributed by atoms with Gasteiger partial charge in [0, 0.05) is 64.8 Å². The minimum atomic E-state index is -0.351. The van der Waals surface area contributed by atoms with Crippen molar-refractivity contribution in [2.24, 2.45) is 16.7 Å². The molecule has 41 heavy (non-hydrogen) atoms. The number of nitriles is 1. The Labute approximate surface area is 254 Å². The molecule has 5 rings (SSSR count). The number of anilines is 1. The van der Waals surface area contributed by atoms with Crippen LogP contribution in [0.25, 0.3) is 0 Å². The van der Waals surface area contributed by atoms with E-state index in [0.717, 1.165) is 42.5 Å². The first kappa shape index (κ1) is 29.3. The highest BCUT2D eigenvalue weighted by Crippen LogP contribution is 2.55. The number of nitrogens with zero attached hydrogens (tertiary/aromatic N) is 5. The number of aromatic nitrogens is 3. The number of piperidine rings is 1. The van der Waals surface area contributed by atoms with E-state index in [1.807, 2.05) is 12.3 Å². The Bertz CT molecular complexity index is 1430. The minimum Gasteiger partial charge on any atom is -0.489 e. The topological polar surface area (TPSA) is 104 Å². The Hall–Kier alpha value is -3.22. The number of hydrogen-bond acceptors (Lipinski definition) is 7. The largest absolute Gasteiger partial charge is 0.489 e. The number of hydrogen-bond donors (Lipinski definition) is 1. The molecule has 2 aliphatic rings. The van der Waals surface area contributed by atoms with Crippen molar-refractivity contribution in [1.82, 2.24) is 20.3 Å². The van der Waals surface area contributed by atoms with E-state index in [4.69, 9.17) is 21.6 Å². The number of ether oxygens (including phenoxy) is 1. The first-order valence-corrected chi connectivity index (χ1v) is 15.0. The van der Waals surface area contributed by atoms with Gasteiger partial charge in [-0.05, 0) is 65.4 Å². The molecule has 1 N–H and O–H groups in total. The smallest absolute Gasteiger partial charge is 0.254 e. The predicted molar refractivity (Wildman–Crippen MR) is 162 cm³/mol. The van der Waals surface area contributed by atoms with Crippen molar-refractivity contribution in [2.45, 2.75) is 59.1 Å². The molecule has 8 nitrogen and oxygen atoms in total. The number of halogens is 2. The summed E-state index contributed by atoms with van der Waals surface area (Å²) >= 11 is 9.65. The molecule has 1 amide bonds. The quantitative estimate of drug-likeness (QED) is 0.328. The van der Waals surface area contributed by atoms with Crippen molar-refractivity contribution < 1.29 is 9.53 Å². The van der Waals surface area contributed by atoms with Crippen molar-refractivity contribution in [3.8, 4) is 11.8 Å². The van der Waals surface area contributed by atoms with Crippen LogP contribution in [0.2, 0.25) is 5.02 Å². The predicted octanol–water partition coefficient (Wildman–Crippen LogP) is 6.23. The number of nitrogens with one attached hydrogen (secondary N) is 1. The molecule has 0 atom stereocenters. The van der Waals surface area contributed by atoms with Crippen LogP contribution in [0.3, 0.4) is 0 Å². The average molecular weight is 638 g/mol. The van der Waals surface area contributed by atoms with Crippen LogP contribution in [-0.2, 0) is 6.42 Å². The van der Waals surface area contributed by atoms with Crippen molar-refractivity contribution in [3.05, 3.63) is 75.2 Å². The number of amides is 1. The molecular formula is C31H34BrClN6O2. The number of carbonyl (C=O) groups excluding carboxylic acids is 1. The molecule has 1 aromatic carbocycles. The Morgan fingerprint density at radius 2 is 1.78 bits per heavy atom. The highest BCUT2D eigenvalue weighted by molar-refractivity contribution is 9.10. The average Bonchev–Trinajstić information content (AvgIpc) is 2.96. The lowest BCUT2D eigenvalue weighted by Crippen LogP contribution is -2.74. The first-order valence-electron chi connectivity index (χ1n) is 13.8. The van der Waals surface area contributed by atoms with Gasteiger partial charge >= 0.3 is 0 Å². The summed E-state index contributed by atoms with van der Waals surface area (Å²) < 4.78 is 7.32. The van der Waals surface area contributed by atoms with Gasteiger partial charge in [0.15, 0.2) is 0 Å². The van der Waals surface area contributed by atoms with E-state index < -0.39 is 0 Å². The van der Waals surface area contributed by atoms with Gasteiger partial charge in [0.05, 0.1) is 16.1 Å². The van der Waals surface area contributed by atoms with Gasteiger partial charge in [-0.1, -0.05) is 39.3 Å². The molecule has 0 spiro atoms. The van der Waals surface area contributed by atoms with E-state index in [1.165, 1.54) is 0 Å². The minimum absolute atomic E-state index is 0.139.